The molecule has 1 atom stereocenters. The molecule has 1 aromatic carbocycles. The van der Waals surface area contributed by atoms with E-state index in [2.05, 4.69) is 29.6 Å². The first kappa shape index (κ1) is 13.2. The Balaban J connectivity index is 1.82. The lowest BCUT2D eigenvalue weighted by molar-refractivity contribution is 0.596. The van der Waals surface area contributed by atoms with E-state index >= 15 is 0 Å². The Bertz CT molecular complexity index is 576. The minimum absolute atomic E-state index is 0.376. The van der Waals surface area contributed by atoms with Crippen molar-refractivity contribution in [3.8, 4) is 0 Å². The molecule has 2 aromatic rings. The Morgan fingerprint density at radius 3 is 2.79 bits per heavy atom. The van der Waals surface area contributed by atoms with E-state index in [4.69, 9.17) is 11.6 Å². The van der Waals surface area contributed by atoms with Crippen molar-refractivity contribution in [1.29, 1.82) is 0 Å². The summed E-state index contributed by atoms with van der Waals surface area (Å²) in [5.41, 5.74) is 4.48. The van der Waals surface area contributed by atoms with Crippen LogP contribution in [-0.2, 0) is 19.3 Å². The highest BCUT2D eigenvalue weighted by Gasteiger charge is 2.16. The highest BCUT2D eigenvalue weighted by molar-refractivity contribution is 7.16. The Morgan fingerprint density at radius 2 is 2.05 bits per heavy atom. The summed E-state index contributed by atoms with van der Waals surface area (Å²) in [4.78, 5) is 1.34. The summed E-state index contributed by atoms with van der Waals surface area (Å²) in [6.45, 7) is 0. The quantitative estimate of drug-likeness (QED) is 0.881. The van der Waals surface area contributed by atoms with Crippen molar-refractivity contribution in [1.82, 2.24) is 5.32 Å². The van der Waals surface area contributed by atoms with Crippen LogP contribution in [0, 0.1) is 0 Å². The van der Waals surface area contributed by atoms with Crippen molar-refractivity contribution in [3.63, 3.8) is 0 Å². The van der Waals surface area contributed by atoms with E-state index in [0.717, 1.165) is 10.8 Å². The van der Waals surface area contributed by atoms with Crippen molar-refractivity contribution in [2.24, 2.45) is 0 Å². The molecule has 1 aliphatic rings. The third-order valence-corrected chi connectivity index (χ3v) is 5.16. The number of nitrogens with one attached hydrogen (secondary N) is 1. The van der Waals surface area contributed by atoms with Gasteiger partial charge in [-0.3, -0.25) is 0 Å². The van der Waals surface area contributed by atoms with Gasteiger partial charge in [-0.1, -0.05) is 29.8 Å². The molecule has 3 heteroatoms. The Labute approximate surface area is 123 Å². The van der Waals surface area contributed by atoms with E-state index in [9.17, 15) is 0 Å². The van der Waals surface area contributed by atoms with E-state index < -0.39 is 0 Å². The van der Waals surface area contributed by atoms with Gasteiger partial charge < -0.3 is 5.32 Å². The smallest absolute Gasteiger partial charge is 0.0931 e. The van der Waals surface area contributed by atoms with Gasteiger partial charge in [-0.25, -0.2) is 0 Å². The predicted octanol–water partition coefficient (Wildman–Crippen LogP) is 4.39. The van der Waals surface area contributed by atoms with E-state index in [0.29, 0.717) is 6.04 Å². The number of likely N-dealkylation sites (N-methyl/N-ethyl adjacent to an activating group) is 1. The van der Waals surface area contributed by atoms with Crippen LogP contribution in [0.15, 0.2) is 30.3 Å². The van der Waals surface area contributed by atoms with Gasteiger partial charge in [-0.2, -0.15) is 0 Å². The Kier molecular flexibility index (Phi) is 3.92. The van der Waals surface area contributed by atoms with Gasteiger partial charge in [0.1, 0.15) is 0 Å². The number of hydrogen-bond donors (Lipinski definition) is 1. The topological polar surface area (TPSA) is 12.0 Å². The zero-order valence-corrected chi connectivity index (χ0v) is 12.7. The minimum Gasteiger partial charge on any atom is -0.313 e. The van der Waals surface area contributed by atoms with Crippen LogP contribution in [-0.4, -0.2) is 7.05 Å². The average molecular weight is 292 g/mol. The first-order valence-electron chi connectivity index (χ1n) is 6.79. The molecule has 0 saturated carbocycles. The minimum atomic E-state index is 0.376. The molecule has 0 bridgehead atoms. The van der Waals surface area contributed by atoms with Gasteiger partial charge in [0.25, 0.3) is 0 Å². The monoisotopic (exact) mass is 291 g/mol. The van der Waals surface area contributed by atoms with Crippen LogP contribution in [0.5, 0.6) is 0 Å². The number of thiophene rings is 1. The number of benzene rings is 1. The maximum atomic E-state index is 6.01. The molecule has 0 amide bonds. The molecule has 100 valence electrons. The van der Waals surface area contributed by atoms with Crippen LogP contribution >= 0.6 is 22.9 Å². The molecule has 0 fully saturated rings. The summed E-state index contributed by atoms with van der Waals surface area (Å²) < 4.78 is 0.874. The average Bonchev–Trinajstić information content (AvgIpc) is 3.03. The molecular formula is C16H18ClNS. The zero-order chi connectivity index (χ0) is 13.2. The lowest BCUT2D eigenvalue weighted by Gasteiger charge is -2.17. The molecule has 1 N–H and O–H groups in total. The molecule has 1 heterocycles. The van der Waals surface area contributed by atoms with Crippen LogP contribution in [0.4, 0.5) is 0 Å². The van der Waals surface area contributed by atoms with Crippen LogP contribution in [0.3, 0.4) is 0 Å². The molecule has 3 rings (SSSR count). The predicted molar refractivity (Wildman–Crippen MR) is 83.3 cm³/mol. The fourth-order valence-corrected chi connectivity index (χ4v) is 3.99. The van der Waals surface area contributed by atoms with Gasteiger partial charge in [-0.15, -0.1) is 11.3 Å². The summed E-state index contributed by atoms with van der Waals surface area (Å²) in [5, 5.41) is 3.43. The summed E-state index contributed by atoms with van der Waals surface area (Å²) in [7, 11) is 2.03. The van der Waals surface area contributed by atoms with Gasteiger partial charge in [-0.05, 0) is 55.1 Å². The van der Waals surface area contributed by atoms with E-state index in [1.165, 1.54) is 35.3 Å². The van der Waals surface area contributed by atoms with E-state index in [-0.39, 0.29) is 0 Å². The SMILES string of the molecule is CNC(Cc1ccc(Cl)s1)c1ccc2c(c1)CCC2. The van der Waals surface area contributed by atoms with Crippen LogP contribution in [0.1, 0.15) is 34.0 Å². The number of rotatable bonds is 4. The molecule has 0 saturated heterocycles. The molecule has 19 heavy (non-hydrogen) atoms. The third kappa shape index (κ3) is 2.86. The van der Waals surface area contributed by atoms with E-state index in [1.807, 2.05) is 13.1 Å². The lowest BCUT2D eigenvalue weighted by atomic mass is 9.98. The molecule has 0 spiro atoms. The Morgan fingerprint density at radius 1 is 1.21 bits per heavy atom. The molecule has 1 unspecified atom stereocenters. The highest BCUT2D eigenvalue weighted by atomic mass is 35.5. The second kappa shape index (κ2) is 5.66. The van der Waals surface area contributed by atoms with Gasteiger partial charge in [0, 0.05) is 17.3 Å². The molecule has 1 nitrogen and oxygen atoms in total. The van der Waals surface area contributed by atoms with Crippen molar-refractivity contribution in [2.75, 3.05) is 7.05 Å². The number of halogens is 1. The highest BCUT2D eigenvalue weighted by Crippen LogP contribution is 2.29. The van der Waals surface area contributed by atoms with Crippen molar-refractivity contribution in [3.05, 3.63) is 56.2 Å². The zero-order valence-electron chi connectivity index (χ0n) is 11.1. The first-order chi connectivity index (χ1) is 9.26. The number of fused-ring (bicyclic) bond motifs is 1. The summed E-state index contributed by atoms with van der Waals surface area (Å²) in [6, 6.07) is 11.5. The van der Waals surface area contributed by atoms with Gasteiger partial charge in [0.05, 0.1) is 4.34 Å². The van der Waals surface area contributed by atoms with Gasteiger partial charge in [0.2, 0.25) is 0 Å². The first-order valence-corrected chi connectivity index (χ1v) is 7.99. The maximum absolute atomic E-state index is 6.01. The number of hydrogen-bond acceptors (Lipinski definition) is 2. The van der Waals surface area contributed by atoms with Crippen LogP contribution in [0.25, 0.3) is 0 Å². The molecule has 0 radical (unpaired) electrons. The van der Waals surface area contributed by atoms with Gasteiger partial charge in [0.15, 0.2) is 0 Å². The van der Waals surface area contributed by atoms with Crippen molar-refractivity contribution < 1.29 is 0 Å². The summed E-state index contributed by atoms with van der Waals surface area (Å²) >= 11 is 7.68. The second-order valence-corrected chi connectivity index (χ2v) is 6.93. The van der Waals surface area contributed by atoms with Crippen LogP contribution in [0.2, 0.25) is 4.34 Å². The summed E-state index contributed by atoms with van der Waals surface area (Å²) in [6.07, 6.45) is 4.81. The fourth-order valence-electron chi connectivity index (χ4n) is 2.86. The van der Waals surface area contributed by atoms with Crippen LogP contribution < -0.4 is 5.32 Å². The summed E-state index contributed by atoms with van der Waals surface area (Å²) in [5.74, 6) is 0. The third-order valence-electron chi connectivity index (χ3n) is 3.91. The molecule has 0 aliphatic heterocycles. The van der Waals surface area contributed by atoms with Crippen molar-refractivity contribution in [2.45, 2.75) is 31.7 Å². The van der Waals surface area contributed by atoms with Crippen molar-refractivity contribution >= 4 is 22.9 Å². The van der Waals surface area contributed by atoms with Gasteiger partial charge >= 0.3 is 0 Å². The molecule has 1 aromatic heterocycles. The fraction of sp³-hybridized carbons (Fsp3) is 0.375. The van der Waals surface area contributed by atoms with E-state index in [1.54, 1.807) is 16.9 Å². The lowest BCUT2D eigenvalue weighted by Crippen LogP contribution is -2.18. The second-order valence-electron chi connectivity index (χ2n) is 5.13. The number of aryl methyl sites for hydroxylation is 2. The molecule has 1 aliphatic carbocycles. The maximum Gasteiger partial charge on any atom is 0.0931 e. The normalized spacial score (nSPS) is 15.5. The standard InChI is InChI=1S/C16H18ClNS/c1-18-15(10-14-7-8-16(17)19-14)13-6-5-11-3-2-4-12(11)9-13/h5-9,15,18H,2-4,10H2,1H3. The largest absolute Gasteiger partial charge is 0.313 e. The molecular weight excluding hydrogens is 274 g/mol. The Hall–Kier alpha value is -0.830.